The summed E-state index contributed by atoms with van der Waals surface area (Å²) in [5, 5.41) is 9.29. The van der Waals surface area contributed by atoms with Crippen LogP contribution in [0.3, 0.4) is 0 Å². The van der Waals surface area contributed by atoms with Crippen LogP contribution < -0.4 is 25.4 Å². The normalized spacial score (nSPS) is 13.4. The minimum atomic E-state index is 0. The summed E-state index contributed by atoms with van der Waals surface area (Å²) in [5.41, 5.74) is 0. The highest BCUT2D eigenvalue weighted by atomic mass is 127. The molecule has 1 aromatic carbocycles. The van der Waals surface area contributed by atoms with Gasteiger partial charge in [-0.2, -0.15) is 0 Å². The molecule has 2 rings (SSSR count). The standard InChI is InChI=1S/C18H28N4O3.HI/c1-3-19-18(21-11-10-20-17(23)14-4-5-14)22-12-13-25-16-8-6-15(24-2)7-9-16;/h6-9,14H,3-5,10-13H2,1-2H3,(H,20,23)(H2,19,21,22);1H. The van der Waals surface area contributed by atoms with Crippen LogP contribution in [0.5, 0.6) is 11.5 Å². The highest BCUT2D eigenvalue weighted by molar-refractivity contribution is 14.0. The quantitative estimate of drug-likeness (QED) is 0.208. The van der Waals surface area contributed by atoms with Gasteiger partial charge in [0.25, 0.3) is 0 Å². The van der Waals surface area contributed by atoms with Crippen LogP contribution in [0.1, 0.15) is 19.8 Å². The van der Waals surface area contributed by atoms with E-state index in [4.69, 9.17) is 9.47 Å². The summed E-state index contributed by atoms with van der Waals surface area (Å²) >= 11 is 0. The maximum absolute atomic E-state index is 11.5. The summed E-state index contributed by atoms with van der Waals surface area (Å²) < 4.78 is 10.8. The Kier molecular flexibility index (Phi) is 10.8. The van der Waals surface area contributed by atoms with Crippen LogP contribution in [0.25, 0.3) is 0 Å². The van der Waals surface area contributed by atoms with Gasteiger partial charge in [-0.15, -0.1) is 24.0 Å². The van der Waals surface area contributed by atoms with Crippen molar-refractivity contribution in [3.63, 3.8) is 0 Å². The van der Waals surface area contributed by atoms with E-state index >= 15 is 0 Å². The van der Waals surface area contributed by atoms with Crippen molar-refractivity contribution in [3.8, 4) is 11.5 Å². The van der Waals surface area contributed by atoms with Gasteiger partial charge in [0.15, 0.2) is 5.96 Å². The van der Waals surface area contributed by atoms with Gasteiger partial charge < -0.3 is 25.4 Å². The Hall–Kier alpha value is -1.71. The lowest BCUT2D eigenvalue weighted by Gasteiger charge is -2.12. The van der Waals surface area contributed by atoms with E-state index < -0.39 is 0 Å². The lowest BCUT2D eigenvalue weighted by molar-refractivity contribution is -0.122. The Morgan fingerprint density at radius 2 is 1.81 bits per heavy atom. The molecule has 1 fully saturated rings. The predicted molar refractivity (Wildman–Crippen MR) is 114 cm³/mol. The summed E-state index contributed by atoms with van der Waals surface area (Å²) in [7, 11) is 1.64. The van der Waals surface area contributed by atoms with Gasteiger partial charge in [0, 0.05) is 19.0 Å². The van der Waals surface area contributed by atoms with Crippen LogP contribution >= 0.6 is 24.0 Å². The first kappa shape index (κ1) is 22.3. The lowest BCUT2D eigenvalue weighted by atomic mass is 10.3. The van der Waals surface area contributed by atoms with Gasteiger partial charge in [-0.3, -0.25) is 9.79 Å². The molecule has 0 unspecified atom stereocenters. The number of carbonyl (C=O) groups excluding carboxylic acids is 1. The third kappa shape index (κ3) is 8.59. The molecule has 1 aliphatic carbocycles. The lowest BCUT2D eigenvalue weighted by Crippen LogP contribution is -2.40. The SMILES string of the molecule is CCNC(=NCCNC(=O)C1CC1)NCCOc1ccc(OC)cc1.I. The average molecular weight is 476 g/mol. The number of carbonyl (C=O) groups is 1. The number of halogens is 1. The Labute approximate surface area is 172 Å². The molecule has 3 N–H and O–H groups in total. The molecule has 0 saturated heterocycles. The van der Waals surface area contributed by atoms with E-state index in [-0.39, 0.29) is 35.8 Å². The topological polar surface area (TPSA) is 84.0 Å². The average Bonchev–Trinajstić information content (AvgIpc) is 3.47. The van der Waals surface area contributed by atoms with Crippen molar-refractivity contribution in [2.75, 3.05) is 39.9 Å². The molecule has 1 aromatic rings. The van der Waals surface area contributed by atoms with Gasteiger partial charge in [-0.1, -0.05) is 0 Å². The zero-order chi connectivity index (χ0) is 17.9. The molecular weight excluding hydrogens is 447 g/mol. The van der Waals surface area contributed by atoms with E-state index in [1.807, 2.05) is 31.2 Å². The van der Waals surface area contributed by atoms with E-state index in [2.05, 4.69) is 20.9 Å². The second-order valence-electron chi connectivity index (χ2n) is 5.78. The van der Waals surface area contributed by atoms with Gasteiger partial charge in [-0.25, -0.2) is 0 Å². The molecule has 1 aliphatic rings. The van der Waals surface area contributed by atoms with Gasteiger partial charge in [0.1, 0.15) is 18.1 Å². The molecule has 1 amide bonds. The molecule has 8 heteroatoms. The molecular formula is C18H29IN4O3. The van der Waals surface area contributed by atoms with Gasteiger partial charge in [-0.05, 0) is 44.0 Å². The van der Waals surface area contributed by atoms with Crippen LogP contribution in [0.2, 0.25) is 0 Å². The van der Waals surface area contributed by atoms with Crippen molar-refractivity contribution >= 4 is 35.8 Å². The largest absolute Gasteiger partial charge is 0.497 e. The van der Waals surface area contributed by atoms with Crippen molar-refractivity contribution in [1.29, 1.82) is 0 Å². The summed E-state index contributed by atoms with van der Waals surface area (Å²) in [6.07, 6.45) is 2.04. The summed E-state index contributed by atoms with van der Waals surface area (Å²) in [6, 6.07) is 7.48. The van der Waals surface area contributed by atoms with Crippen molar-refractivity contribution in [3.05, 3.63) is 24.3 Å². The minimum absolute atomic E-state index is 0. The zero-order valence-corrected chi connectivity index (χ0v) is 17.7. The van der Waals surface area contributed by atoms with Crippen LogP contribution in [0, 0.1) is 5.92 Å². The first-order chi connectivity index (χ1) is 12.2. The molecule has 0 bridgehead atoms. The smallest absolute Gasteiger partial charge is 0.223 e. The molecule has 1 saturated carbocycles. The van der Waals surface area contributed by atoms with Crippen molar-refractivity contribution in [2.24, 2.45) is 10.9 Å². The molecule has 146 valence electrons. The van der Waals surface area contributed by atoms with Crippen molar-refractivity contribution in [2.45, 2.75) is 19.8 Å². The van der Waals surface area contributed by atoms with E-state index in [9.17, 15) is 4.79 Å². The van der Waals surface area contributed by atoms with Crippen molar-refractivity contribution in [1.82, 2.24) is 16.0 Å². The number of methoxy groups -OCH3 is 1. The molecule has 26 heavy (non-hydrogen) atoms. The molecule has 0 atom stereocenters. The third-order valence-electron chi connectivity index (χ3n) is 3.70. The Morgan fingerprint density at radius 3 is 2.42 bits per heavy atom. The number of guanidine groups is 1. The fourth-order valence-electron chi connectivity index (χ4n) is 2.19. The molecule has 0 aliphatic heterocycles. The van der Waals surface area contributed by atoms with Crippen LogP contribution in [-0.4, -0.2) is 51.8 Å². The summed E-state index contributed by atoms with van der Waals surface area (Å²) in [6.45, 7) is 5.06. The molecule has 0 radical (unpaired) electrons. The minimum Gasteiger partial charge on any atom is -0.497 e. The zero-order valence-electron chi connectivity index (χ0n) is 15.4. The van der Waals surface area contributed by atoms with E-state index in [0.29, 0.717) is 26.2 Å². The first-order valence-corrected chi connectivity index (χ1v) is 8.79. The number of ether oxygens (including phenoxy) is 2. The summed E-state index contributed by atoms with van der Waals surface area (Å²) in [4.78, 5) is 16.0. The van der Waals surface area contributed by atoms with Gasteiger partial charge in [0.05, 0.1) is 20.2 Å². The number of nitrogens with zero attached hydrogens (tertiary/aromatic N) is 1. The van der Waals surface area contributed by atoms with E-state index in [0.717, 1.165) is 36.8 Å². The fourth-order valence-corrected chi connectivity index (χ4v) is 2.19. The third-order valence-corrected chi connectivity index (χ3v) is 3.70. The molecule has 0 aromatic heterocycles. The maximum atomic E-state index is 11.5. The van der Waals surface area contributed by atoms with Crippen LogP contribution in [0.15, 0.2) is 29.3 Å². The maximum Gasteiger partial charge on any atom is 0.223 e. The van der Waals surface area contributed by atoms with Gasteiger partial charge in [0.2, 0.25) is 5.91 Å². The predicted octanol–water partition coefficient (Wildman–Crippen LogP) is 1.77. The second kappa shape index (κ2) is 12.6. The highest BCUT2D eigenvalue weighted by Crippen LogP contribution is 2.28. The fraction of sp³-hybridized carbons (Fsp3) is 0.556. The number of amides is 1. The number of hydrogen-bond acceptors (Lipinski definition) is 4. The van der Waals surface area contributed by atoms with Gasteiger partial charge >= 0.3 is 0 Å². The first-order valence-electron chi connectivity index (χ1n) is 8.79. The molecule has 0 spiro atoms. The van der Waals surface area contributed by atoms with Crippen LogP contribution in [0.4, 0.5) is 0 Å². The monoisotopic (exact) mass is 476 g/mol. The Morgan fingerprint density at radius 1 is 1.12 bits per heavy atom. The van der Waals surface area contributed by atoms with E-state index in [1.165, 1.54) is 0 Å². The number of hydrogen-bond donors (Lipinski definition) is 3. The van der Waals surface area contributed by atoms with E-state index in [1.54, 1.807) is 7.11 Å². The summed E-state index contributed by atoms with van der Waals surface area (Å²) in [5.74, 6) is 2.72. The Balaban J connectivity index is 0.00000338. The molecule has 0 heterocycles. The number of nitrogens with one attached hydrogen (secondary N) is 3. The molecule has 7 nitrogen and oxygen atoms in total. The number of rotatable bonds is 10. The number of benzene rings is 1. The van der Waals surface area contributed by atoms with Crippen molar-refractivity contribution < 1.29 is 14.3 Å². The Bertz CT molecular complexity index is 562. The van der Waals surface area contributed by atoms with Crippen LogP contribution in [-0.2, 0) is 4.79 Å². The second-order valence-corrected chi connectivity index (χ2v) is 5.78. The highest BCUT2D eigenvalue weighted by Gasteiger charge is 2.28. The number of aliphatic imine (C=N–C) groups is 1.